The van der Waals surface area contributed by atoms with Gasteiger partial charge in [0.05, 0.1) is 19.2 Å². The highest BCUT2D eigenvalue weighted by Crippen LogP contribution is 2.34. The third kappa shape index (κ3) is 6.03. The monoisotopic (exact) mass is 463 g/mol. The molecule has 0 heterocycles. The van der Waals surface area contributed by atoms with Crippen molar-refractivity contribution < 1.29 is 18.6 Å². The zero-order valence-corrected chi connectivity index (χ0v) is 18.9. The summed E-state index contributed by atoms with van der Waals surface area (Å²) in [7, 11) is 3.22. The first kappa shape index (κ1) is 23.2. The van der Waals surface area contributed by atoms with Crippen LogP contribution in [0.2, 0.25) is 10.0 Å². The second kappa shape index (κ2) is 11.2. The van der Waals surface area contributed by atoms with Crippen molar-refractivity contribution in [2.24, 2.45) is 0 Å². The lowest BCUT2D eigenvalue weighted by Gasteiger charge is -2.15. The van der Waals surface area contributed by atoms with Crippen molar-refractivity contribution in [2.45, 2.75) is 19.6 Å². The Morgan fingerprint density at radius 2 is 1.61 bits per heavy atom. The van der Waals surface area contributed by atoms with E-state index in [9.17, 15) is 4.39 Å². The fourth-order valence-corrected chi connectivity index (χ4v) is 3.60. The van der Waals surface area contributed by atoms with Gasteiger partial charge in [-0.15, -0.1) is 0 Å². The van der Waals surface area contributed by atoms with Gasteiger partial charge in [0.25, 0.3) is 0 Å². The molecule has 164 valence electrons. The van der Waals surface area contributed by atoms with Gasteiger partial charge in [-0.25, -0.2) is 4.39 Å². The van der Waals surface area contributed by atoms with Crippen LogP contribution in [0.4, 0.5) is 4.39 Å². The molecule has 4 nitrogen and oxygen atoms in total. The number of para-hydroxylation sites is 1. The number of halogens is 3. The molecule has 3 aromatic rings. The van der Waals surface area contributed by atoms with Crippen molar-refractivity contribution in [3.63, 3.8) is 0 Å². The van der Waals surface area contributed by atoms with E-state index in [2.05, 4.69) is 5.32 Å². The van der Waals surface area contributed by atoms with Crippen molar-refractivity contribution in [2.75, 3.05) is 20.8 Å². The molecule has 0 aliphatic heterocycles. The molecule has 0 aromatic heterocycles. The number of ether oxygens (including phenoxy) is 3. The Hall–Kier alpha value is -2.47. The second-order valence-electron chi connectivity index (χ2n) is 6.82. The molecule has 0 bridgehead atoms. The lowest BCUT2D eigenvalue weighted by Crippen LogP contribution is -2.17. The summed E-state index contributed by atoms with van der Waals surface area (Å²) >= 11 is 12.5. The van der Waals surface area contributed by atoms with Crippen LogP contribution >= 0.6 is 23.2 Å². The van der Waals surface area contributed by atoms with Crippen molar-refractivity contribution in [1.29, 1.82) is 0 Å². The van der Waals surface area contributed by atoms with Gasteiger partial charge in [-0.2, -0.15) is 0 Å². The maximum absolute atomic E-state index is 14.0. The summed E-state index contributed by atoms with van der Waals surface area (Å²) in [5, 5.41) is 4.22. The topological polar surface area (TPSA) is 39.7 Å². The minimum Gasteiger partial charge on any atom is -0.496 e. The van der Waals surface area contributed by atoms with Gasteiger partial charge < -0.3 is 19.5 Å². The lowest BCUT2D eigenvalue weighted by molar-refractivity contribution is 0.279. The molecule has 3 aromatic carbocycles. The Balaban J connectivity index is 1.62. The van der Waals surface area contributed by atoms with Gasteiger partial charge in [0, 0.05) is 23.2 Å². The molecule has 1 N–H and O–H groups in total. The van der Waals surface area contributed by atoms with E-state index in [0.717, 1.165) is 29.8 Å². The predicted molar refractivity (Wildman–Crippen MR) is 122 cm³/mol. The van der Waals surface area contributed by atoms with Crippen molar-refractivity contribution in [3.05, 3.63) is 87.2 Å². The van der Waals surface area contributed by atoms with Gasteiger partial charge >= 0.3 is 0 Å². The molecule has 0 spiro atoms. The molecule has 0 atom stereocenters. The van der Waals surface area contributed by atoms with Crippen molar-refractivity contribution in [3.8, 4) is 17.2 Å². The van der Waals surface area contributed by atoms with Crippen molar-refractivity contribution >= 4 is 23.2 Å². The number of methoxy groups -OCH3 is 2. The molecule has 0 fully saturated rings. The summed E-state index contributed by atoms with van der Waals surface area (Å²) in [5.74, 6) is 1.39. The minimum absolute atomic E-state index is 0.0330. The minimum atomic E-state index is -0.423. The number of nitrogens with one attached hydrogen (secondary N) is 1. The Morgan fingerprint density at radius 3 is 2.35 bits per heavy atom. The molecule has 31 heavy (non-hydrogen) atoms. The van der Waals surface area contributed by atoms with E-state index in [0.29, 0.717) is 28.1 Å². The van der Waals surface area contributed by atoms with Crippen LogP contribution in [-0.4, -0.2) is 20.8 Å². The zero-order valence-electron chi connectivity index (χ0n) is 17.4. The number of rotatable bonds is 10. The SMILES string of the molecule is COc1ccccc1CCNCc1cc(OC)c(OCc2c(F)cccc2Cl)cc1Cl. The van der Waals surface area contributed by atoms with Gasteiger partial charge in [-0.3, -0.25) is 0 Å². The molecular weight excluding hydrogens is 440 g/mol. The van der Waals surface area contributed by atoms with Crippen LogP contribution in [0.1, 0.15) is 16.7 Å². The molecule has 0 aliphatic carbocycles. The third-order valence-electron chi connectivity index (χ3n) is 4.85. The molecule has 3 rings (SSSR count). The molecule has 0 saturated heterocycles. The number of hydrogen-bond donors (Lipinski definition) is 1. The first-order chi connectivity index (χ1) is 15.0. The van der Waals surface area contributed by atoms with Gasteiger partial charge in [0.1, 0.15) is 18.2 Å². The van der Waals surface area contributed by atoms with E-state index < -0.39 is 5.82 Å². The third-order valence-corrected chi connectivity index (χ3v) is 5.55. The summed E-state index contributed by atoms with van der Waals surface area (Å²) < 4.78 is 30.6. The first-order valence-electron chi connectivity index (χ1n) is 9.78. The molecule has 0 unspecified atom stereocenters. The molecule has 0 saturated carbocycles. The summed E-state index contributed by atoms with van der Waals surface area (Å²) in [5.41, 5.74) is 2.29. The molecule has 0 amide bonds. The van der Waals surface area contributed by atoms with E-state index in [4.69, 9.17) is 37.4 Å². The maximum Gasteiger partial charge on any atom is 0.163 e. The predicted octanol–water partition coefficient (Wildman–Crippen LogP) is 6.06. The Morgan fingerprint density at radius 1 is 0.839 bits per heavy atom. The Labute approximate surface area is 191 Å². The highest BCUT2D eigenvalue weighted by atomic mass is 35.5. The highest BCUT2D eigenvalue weighted by molar-refractivity contribution is 6.31. The number of benzene rings is 3. The van der Waals surface area contributed by atoms with Gasteiger partial charge in [-0.1, -0.05) is 47.5 Å². The van der Waals surface area contributed by atoms with Gasteiger partial charge in [0.15, 0.2) is 11.5 Å². The van der Waals surface area contributed by atoms with E-state index >= 15 is 0 Å². The summed E-state index contributed by atoms with van der Waals surface area (Å²) in [6.07, 6.45) is 0.823. The average molecular weight is 464 g/mol. The Bertz CT molecular complexity index is 1010. The van der Waals surface area contributed by atoms with Gasteiger partial charge in [-0.05, 0) is 48.4 Å². The van der Waals surface area contributed by atoms with Crippen LogP contribution in [-0.2, 0) is 19.6 Å². The van der Waals surface area contributed by atoms with Crippen LogP contribution in [0.15, 0.2) is 54.6 Å². The lowest BCUT2D eigenvalue weighted by atomic mass is 10.1. The van der Waals surface area contributed by atoms with Crippen LogP contribution < -0.4 is 19.5 Å². The fourth-order valence-electron chi connectivity index (χ4n) is 3.16. The van der Waals surface area contributed by atoms with E-state index in [1.165, 1.54) is 6.07 Å². The van der Waals surface area contributed by atoms with E-state index in [1.807, 2.05) is 30.3 Å². The zero-order chi connectivity index (χ0) is 22.2. The standard InChI is InChI=1S/C24H24Cl2FNO3/c1-29-22-9-4-3-6-16(22)10-11-28-14-17-12-23(30-2)24(13-20(17)26)31-15-18-19(25)7-5-8-21(18)27/h3-9,12-13,28H,10-11,14-15H2,1-2H3. The van der Waals surface area contributed by atoms with E-state index in [-0.39, 0.29) is 12.2 Å². The quantitative estimate of drug-likeness (QED) is 0.370. The number of hydrogen-bond acceptors (Lipinski definition) is 4. The summed E-state index contributed by atoms with van der Waals surface area (Å²) in [4.78, 5) is 0. The molecular formula is C24H24Cl2FNO3. The van der Waals surface area contributed by atoms with Crippen molar-refractivity contribution in [1.82, 2.24) is 5.32 Å². The van der Waals surface area contributed by atoms with E-state index in [1.54, 1.807) is 32.4 Å². The summed E-state index contributed by atoms with van der Waals surface area (Å²) in [6, 6.07) is 15.9. The highest BCUT2D eigenvalue weighted by Gasteiger charge is 2.13. The van der Waals surface area contributed by atoms with Crippen LogP contribution in [0, 0.1) is 5.82 Å². The summed E-state index contributed by atoms with van der Waals surface area (Å²) in [6.45, 7) is 1.28. The maximum atomic E-state index is 14.0. The second-order valence-corrected chi connectivity index (χ2v) is 7.64. The average Bonchev–Trinajstić information content (AvgIpc) is 2.77. The molecule has 0 radical (unpaired) electrons. The van der Waals surface area contributed by atoms with Crippen LogP contribution in [0.5, 0.6) is 17.2 Å². The van der Waals surface area contributed by atoms with Crippen LogP contribution in [0.3, 0.4) is 0 Å². The fraction of sp³-hybridized carbons (Fsp3) is 0.250. The first-order valence-corrected chi connectivity index (χ1v) is 10.5. The molecule has 7 heteroatoms. The van der Waals surface area contributed by atoms with Crippen LogP contribution in [0.25, 0.3) is 0 Å². The molecule has 0 aliphatic rings. The van der Waals surface area contributed by atoms with Gasteiger partial charge in [0.2, 0.25) is 0 Å². The Kier molecular flexibility index (Phi) is 8.41. The normalized spacial score (nSPS) is 10.7. The smallest absolute Gasteiger partial charge is 0.163 e. The largest absolute Gasteiger partial charge is 0.496 e.